The molecule has 2 aromatic rings. The van der Waals surface area contributed by atoms with Crippen LogP contribution in [0.2, 0.25) is 5.02 Å². The molecule has 0 spiro atoms. The van der Waals surface area contributed by atoms with Gasteiger partial charge in [-0.05, 0) is 25.0 Å². The lowest BCUT2D eigenvalue weighted by atomic mass is 10.2. The fraction of sp³-hybridized carbons (Fsp3) is 0.400. The summed E-state index contributed by atoms with van der Waals surface area (Å²) in [5.74, 6) is 1.55. The van der Waals surface area contributed by atoms with Gasteiger partial charge in [0.05, 0.1) is 17.8 Å². The zero-order chi connectivity index (χ0) is 13.9. The summed E-state index contributed by atoms with van der Waals surface area (Å²) < 4.78 is 7.30. The van der Waals surface area contributed by atoms with E-state index in [-0.39, 0.29) is 0 Å². The van der Waals surface area contributed by atoms with Crippen molar-refractivity contribution in [3.63, 3.8) is 0 Å². The van der Waals surface area contributed by atoms with Crippen LogP contribution >= 0.6 is 11.6 Å². The molecular weight excluding hydrogens is 274 g/mol. The molecule has 0 radical (unpaired) electrons. The third-order valence-corrected chi connectivity index (χ3v) is 4.05. The SMILES string of the molecule is COc1cc(-n2ccnc2NC2CCCC2)ccc1Cl. The van der Waals surface area contributed by atoms with E-state index in [0.717, 1.165) is 11.6 Å². The van der Waals surface area contributed by atoms with Crippen LogP contribution in [-0.4, -0.2) is 22.7 Å². The molecule has 20 heavy (non-hydrogen) atoms. The Hall–Kier alpha value is -1.68. The summed E-state index contributed by atoms with van der Waals surface area (Å²) in [5.41, 5.74) is 0.990. The van der Waals surface area contributed by atoms with Gasteiger partial charge in [0, 0.05) is 24.5 Å². The molecule has 0 unspecified atom stereocenters. The fourth-order valence-electron chi connectivity index (χ4n) is 2.67. The smallest absolute Gasteiger partial charge is 0.207 e. The van der Waals surface area contributed by atoms with Crippen LogP contribution in [0.1, 0.15) is 25.7 Å². The molecule has 106 valence electrons. The molecule has 1 aromatic carbocycles. The number of anilines is 1. The van der Waals surface area contributed by atoms with Crippen molar-refractivity contribution in [1.29, 1.82) is 0 Å². The van der Waals surface area contributed by atoms with Crippen molar-refractivity contribution in [2.24, 2.45) is 0 Å². The van der Waals surface area contributed by atoms with E-state index in [2.05, 4.69) is 10.3 Å². The molecule has 1 N–H and O–H groups in total. The summed E-state index contributed by atoms with van der Waals surface area (Å²) in [6, 6.07) is 6.26. The van der Waals surface area contributed by atoms with Gasteiger partial charge in [-0.3, -0.25) is 4.57 Å². The maximum absolute atomic E-state index is 6.07. The highest BCUT2D eigenvalue weighted by Crippen LogP contribution is 2.29. The maximum Gasteiger partial charge on any atom is 0.207 e. The molecule has 0 bridgehead atoms. The summed E-state index contributed by atoms with van der Waals surface area (Å²) in [7, 11) is 1.62. The molecule has 0 saturated heterocycles. The highest BCUT2D eigenvalue weighted by atomic mass is 35.5. The van der Waals surface area contributed by atoms with Gasteiger partial charge in [-0.2, -0.15) is 0 Å². The highest BCUT2D eigenvalue weighted by molar-refractivity contribution is 6.32. The molecule has 0 aliphatic heterocycles. The van der Waals surface area contributed by atoms with Crippen molar-refractivity contribution >= 4 is 17.5 Å². The summed E-state index contributed by atoms with van der Waals surface area (Å²) in [6.45, 7) is 0. The molecule has 1 aliphatic carbocycles. The van der Waals surface area contributed by atoms with Crippen LogP contribution in [-0.2, 0) is 0 Å². The number of hydrogen-bond donors (Lipinski definition) is 1. The van der Waals surface area contributed by atoms with Crippen LogP contribution in [0.25, 0.3) is 5.69 Å². The number of rotatable bonds is 4. The molecular formula is C15H18ClN3O. The van der Waals surface area contributed by atoms with E-state index in [1.165, 1.54) is 25.7 Å². The standard InChI is InChI=1S/C15H18ClN3O/c1-20-14-10-12(6-7-13(14)16)19-9-8-17-15(19)18-11-4-2-3-5-11/h6-11H,2-5H2,1H3,(H,17,18). The first kappa shape index (κ1) is 13.3. The van der Waals surface area contributed by atoms with E-state index >= 15 is 0 Å². The second-order valence-corrected chi connectivity index (χ2v) is 5.47. The lowest BCUT2D eigenvalue weighted by molar-refractivity contribution is 0.415. The molecule has 4 nitrogen and oxygen atoms in total. The minimum Gasteiger partial charge on any atom is -0.495 e. The summed E-state index contributed by atoms with van der Waals surface area (Å²) in [5, 5.41) is 4.13. The van der Waals surface area contributed by atoms with Gasteiger partial charge in [0.25, 0.3) is 0 Å². The molecule has 0 atom stereocenters. The zero-order valence-electron chi connectivity index (χ0n) is 11.5. The number of benzene rings is 1. The van der Waals surface area contributed by atoms with Crippen molar-refractivity contribution in [2.75, 3.05) is 12.4 Å². The third-order valence-electron chi connectivity index (χ3n) is 3.74. The minimum absolute atomic E-state index is 0.533. The Morgan fingerprint density at radius 2 is 2.15 bits per heavy atom. The summed E-state index contributed by atoms with van der Waals surface area (Å²) >= 11 is 6.07. The number of ether oxygens (including phenoxy) is 1. The third kappa shape index (κ3) is 2.61. The molecule has 1 fully saturated rings. The van der Waals surface area contributed by atoms with Crippen molar-refractivity contribution in [2.45, 2.75) is 31.7 Å². The van der Waals surface area contributed by atoms with Gasteiger partial charge in [0.1, 0.15) is 5.75 Å². The van der Waals surface area contributed by atoms with E-state index in [1.54, 1.807) is 13.3 Å². The Morgan fingerprint density at radius 3 is 2.90 bits per heavy atom. The first-order chi connectivity index (χ1) is 9.78. The van der Waals surface area contributed by atoms with Crippen LogP contribution in [0.15, 0.2) is 30.6 Å². The monoisotopic (exact) mass is 291 g/mol. The Kier molecular flexibility index (Phi) is 3.83. The topological polar surface area (TPSA) is 39.1 Å². The maximum atomic E-state index is 6.07. The number of imidazole rings is 1. The molecule has 1 heterocycles. The van der Waals surface area contributed by atoms with Gasteiger partial charge < -0.3 is 10.1 Å². The predicted molar refractivity (Wildman–Crippen MR) is 81.0 cm³/mol. The van der Waals surface area contributed by atoms with E-state index in [4.69, 9.17) is 16.3 Å². The van der Waals surface area contributed by atoms with E-state index in [1.807, 2.05) is 29.0 Å². The fourth-order valence-corrected chi connectivity index (χ4v) is 2.86. The van der Waals surface area contributed by atoms with Gasteiger partial charge in [-0.25, -0.2) is 4.98 Å². The Balaban J connectivity index is 1.88. The molecule has 1 saturated carbocycles. The summed E-state index contributed by atoms with van der Waals surface area (Å²) in [6.07, 6.45) is 8.78. The molecule has 1 aromatic heterocycles. The van der Waals surface area contributed by atoms with E-state index < -0.39 is 0 Å². The van der Waals surface area contributed by atoms with Crippen molar-refractivity contribution < 1.29 is 4.74 Å². The number of halogens is 1. The number of nitrogens with zero attached hydrogens (tertiary/aromatic N) is 2. The number of nitrogens with one attached hydrogen (secondary N) is 1. The zero-order valence-corrected chi connectivity index (χ0v) is 12.2. The van der Waals surface area contributed by atoms with Gasteiger partial charge in [0.2, 0.25) is 5.95 Å². The summed E-state index contributed by atoms with van der Waals surface area (Å²) in [4.78, 5) is 4.41. The molecule has 3 rings (SSSR count). The van der Waals surface area contributed by atoms with Crippen molar-refractivity contribution in [3.05, 3.63) is 35.6 Å². The van der Waals surface area contributed by atoms with Crippen LogP contribution in [0.4, 0.5) is 5.95 Å². The van der Waals surface area contributed by atoms with Crippen molar-refractivity contribution in [3.8, 4) is 11.4 Å². The highest BCUT2D eigenvalue weighted by Gasteiger charge is 2.17. The van der Waals surface area contributed by atoms with Gasteiger partial charge in [0.15, 0.2) is 0 Å². The molecule has 0 amide bonds. The van der Waals surface area contributed by atoms with Crippen LogP contribution < -0.4 is 10.1 Å². The quantitative estimate of drug-likeness (QED) is 0.929. The molecule has 5 heteroatoms. The normalized spacial score (nSPS) is 15.5. The van der Waals surface area contributed by atoms with Crippen molar-refractivity contribution in [1.82, 2.24) is 9.55 Å². The Bertz CT molecular complexity index is 591. The second-order valence-electron chi connectivity index (χ2n) is 5.07. The molecule has 1 aliphatic rings. The lowest BCUT2D eigenvalue weighted by Gasteiger charge is -2.15. The number of aromatic nitrogens is 2. The average molecular weight is 292 g/mol. The average Bonchev–Trinajstić information content (AvgIpc) is 3.12. The van der Waals surface area contributed by atoms with E-state index in [0.29, 0.717) is 16.8 Å². The van der Waals surface area contributed by atoms with Gasteiger partial charge >= 0.3 is 0 Å². The van der Waals surface area contributed by atoms with Gasteiger partial charge in [-0.15, -0.1) is 0 Å². The van der Waals surface area contributed by atoms with Gasteiger partial charge in [-0.1, -0.05) is 24.4 Å². The minimum atomic E-state index is 0.533. The van der Waals surface area contributed by atoms with Crippen LogP contribution in [0, 0.1) is 0 Å². The largest absolute Gasteiger partial charge is 0.495 e. The van der Waals surface area contributed by atoms with Crippen LogP contribution in [0.3, 0.4) is 0 Å². The van der Waals surface area contributed by atoms with Crippen LogP contribution in [0.5, 0.6) is 5.75 Å². The second kappa shape index (κ2) is 5.75. The number of methoxy groups -OCH3 is 1. The predicted octanol–water partition coefficient (Wildman–Crippen LogP) is 3.89. The lowest BCUT2D eigenvalue weighted by Crippen LogP contribution is -2.17. The van der Waals surface area contributed by atoms with E-state index in [9.17, 15) is 0 Å². The first-order valence-corrected chi connectivity index (χ1v) is 7.29. The Labute approximate surface area is 123 Å². The number of hydrogen-bond acceptors (Lipinski definition) is 3. The first-order valence-electron chi connectivity index (χ1n) is 6.92. The Morgan fingerprint density at radius 1 is 1.35 bits per heavy atom.